The van der Waals surface area contributed by atoms with Gasteiger partial charge in [-0.15, -0.1) is 0 Å². The summed E-state index contributed by atoms with van der Waals surface area (Å²) in [7, 11) is 0. The van der Waals surface area contributed by atoms with E-state index in [0.29, 0.717) is 12.8 Å². The molecule has 0 rings (SSSR count). The fraction of sp³-hybridized carbons (Fsp3) is 0.789. The number of allylic oxidation sites excluding steroid dienone is 6. The number of carbonyl (C=O) groups is 2. The van der Waals surface area contributed by atoms with Crippen LogP contribution in [0.4, 0.5) is 0 Å². The van der Waals surface area contributed by atoms with Crippen molar-refractivity contribution in [1.29, 1.82) is 0 Å². The number of ether oxygens (including phenoxy) is 2. The quantitative estimate of drug-likeness (QED) is 0.0470. The standard InChI is InChI=1S/C38H68O5/c1-3-5-7-9-11-13-15-17-18-19-20-21-23-25-27-29-31-33-38(41)43-36(34-39)35-42-37(40)32-30-28-26-24-22-16-14-12-10-8-6-4-2/h17-18,20-21,25,27,36,39H,3-16,19,22-24,26,28-35H2,1-2H3/t36-/m0/s1. The summed E-state index contributed by atoms with van der Waals surface area (Å²) in [5, 5.41) is 9.51. The van der Waals surface area contributed by atoms with Crippen molar-refractivity contribution in [2.75, 3.05) is 13.2 Å². The fourth-order valence-corrected chi connectivity index (χ4v) is 4.92. The molecule has 0 spiro atoms. The van der Waals surface area contributed by atoms with Gasteiger partial charge in [-0.25, -0.2) is 0 Å². The first-order valence-electron chi connectivity index (χ1n) is 18.0. The predicted molar refractivity (Wildman–Crippen MR) is 182 cm³/mol. The molecule has 0 aromatic rings. The lowest BCUT2D eigenvalue weighted by atomic mass is 10.0. The van der Waals surface area contributed by atoms with Crippen LogP contribution < -0.4 is 0 Å². The smallest absolute Gasteiger partial charge is 0.306 e. The lowest BCUT2D eigenvalue weighted by molar-refractivity contribution is -0.161. The summed E-state index contributed by atoms with van der Waals surface area (Å²) >= 11 is 0. The summed E-state index contributed by atoms with van der Waals surface area (Å²) in [6.07, 6.45) is 40.6. The molecule has 1 atom stereocenters. The second kappa shape index (κ2) is 34.6. The van der Waals surface area contributed by atoms with Crippen LogP contribution in [0, 0.1) is 0 Å². The summed E-state index contributed by atoms with van der Waals surface area (Å²) in [5.41, 5.74) is 0. The largest absolute Gasteiger partial charge is 0.462 e. The van der Waals surface area contributed by atoms with Crippen LogP contribution in [0.1, 0.15) is 174 Å². The number of aliphatic hydroxyl groups excluding tert-OH is 1. The average Bonchev–Trinajstić information content (AvgIpc) is 3.01. The van der Waals surface area contributed by atoms with Gasteiger partial charge < -0.3 is 14.6 Å². The minimum absolute atomic E-state index is 0.0835. The van der Waals surface area contributed by atoms with Crippen LogP contribution in [-0.2, 0) is 19.1 Å². The van der Waals surface area contributed by atoms with Crippen molar-refractivity contribution < 1.29 is 24.2 Å². The van der Waals surface area contributed by atoms with Crippen LogP contribution in [0.5, 0.6) is 0 Å². The Morgan fingerprint density at radius 3 is 1.47 bits per heavy atom. The Kier molecular flexibility index (Phi) is 33.1. The van der Waals surface area contributed by atoms with Gasteiger partial charge in [-0.3, -0.25) is 9.59 Å². The first-order chi connectivity index (χ1) is 21.1. The molecule has 0 fully saturated rings. The van der Waals surface area contributed by atoms with Crippen molar-refractivity contribution in [2.24, 2.45) is 0 Å². The van der Waals surface area contributed by atoms with Crippen molar-refractivity contribution >= 4 is 11.9 Å². The van der Waals surface area contributed by atoms with Crippen molar-refractivity contribution in [1.82, 2.24) is 0 Å². The van der Waals surface area contributed by atoms with E-state index in [-0.39, 0.29) is 31.6 Å². The van der Waals surface area contributed by atoms with Crippen molar-refractivity contribution in [2.45, 2.75) is 180 Å². The maximum absolute atomic E-state index is 12.1. The first kappa shape index (κ1) is 41.1. The normalized spacial score (nSPS) is 12.5. The van der Waals surface area contributed by atoms with Gasteiger partial charge in [-0.1, -0.05) is 153 Å². The minimum Gasteiger partial charge on any atom is -0.462 e. The zero-order chi connectivity index (χ0) is 31.5. The molecule has 1 N–H and O–H groups in total. The fourth-order valence-electron chi connectivity index (χ4n) is 4.92. The molecule has 250 valence electrons. The van der Waals surface area contributed by atoms with Gasteiger partial charge in [0.25, 0.3) is 0 Å². The number of rotatable bonds is 32. The molecule has 0 aliphatic rings. The van der Waals surface area contributed by atoms with E-state index in [1.807, 2.05) is 0 Å². The van der Waals surface area contributed by atoms with Crippen LogP contribution in [0.15, 0.2) is 36.5 Å². The van der Waals surface area contributed by atoms with Gasteiger partial charge in [-0.05, 0) is 44.9 Å². The lowest BCUT2D eigenvalue weighted by Gasteiger charge is -2.15. The topological polar surface area (TPSA) is 72.8 Å². The Bertz CT molecular complexity index is 696. The van der Waals surface area contributed by atoms with E-state index in [0.717, 1.165) is 38.5 Å². The highest BCUT2D eigenvalue weighted by molar-refractivity contribution is 5.70. The minimum atomic E-state index is -0.793. The molecule has 0 heterocycles. The van der Waals surface area contributed by atoms with Gasteiger partial charge >= 0.3 is 11.9 Å². The molecule has 0 saturated carbocycles. The third-order valence-corrected chi connectivity index (χ3v) is 7.69. The van der Waals surface area contributed by atoms with Crippen LogP contribution in [0.3, 0.4) is 0 Å². The maximum atomic E-state index is 12.1. The van der Waals surface area contributed by atoms with Gasteiger partial charge in [-0.2, -0.15) is 0 Å². The van der Waals surface area contributed by atoms with E-state index in [2.05, 4.69) is 50.3 Å². The number of unbranched alkanes of at least 4 members (excludes halogenated alkanes) is 18. The van der Waals surface area contributed by atoms with Gasteiger partial charge in [0.1, 0.15) is 6.61 Å². The highest BCUT2D eigenvalue weighted by Gasteiger charge is 2.15. The van der Waals surface area contributed by atoms with E-state index in [1.54, 1.807) is 0 Å². The molecular formula is C38H68O5. The summed E-state index contributed by atoms with van der Waals surface area (Å²) in [6.45, 7) is 4.07. The second-order valence-electron chi connectivity index (χ2n) is 12.0. The summed E-state index contributed by atoms with van der Waals surface area (Å²) in [4.78, 5) is 24.1. The van der Waals surface area contributed by atoms with E-state index >= 15 is 0 Å². The molecule has 0 bridgehead atoms. The first-order valence-corrected chi connectivity index (χ1v) is 18.0. The Hall–Kier alpha value is -1.88. The zero-order valence-electron chi connectivity index (χ0n) is 28.2. The van der Waals surface area contributed by atoms with E-state index < -0.39 is 6.10 Å². The molecule has 0 aliphatic heterocycles. The molecule has 0 aromatic heterocycles. The van der Waals surface area contributed by atoms with E-state index in [9.17, 15) is 14.7 Å². The maximum Gasteiger partial charge on any atom is 0.306 e. The zero-order valence-corrected chi connectivity index (χ0v) is 28.2. The number of aliphatic hydroxyl groups is 1. The summed E-state index contributed by atoms with van der Waals surface area (Å²) in [6, 6.07) is 0. The molecule has 43 heavy (non-hydrogen) atoms. The van der Waals surface area contributed by atoms with Crippen LogP contribution in [0.25, 0.3) is 0 Å². The summed E-state index contributed by atoms with van der Waals surface area (Å²) in [5.74, 6) is -0.651. The number of carbonyl (C=O) groups excluding carboxylic acids is 2. The molecule has 0 unspecified atom stereocenters. The highest BCUT2D eigenvalue weighted by Crippen LogP contribution is 2.13. The van der Waals surface area contributed by atoms with Gasteiger partial charge in [0.15, 0.2) is 6.10 Å². The van der Waals surface area contributed by atoms with Crippen molar-refractivity contribution in [3.05, 3.63) is 36.5 Å². The van der Waals surface area contributed by atoms with Crippen molar-refractivity contribution in [3.63, 3.8) is 0 Å². The Labute approximate surface area is 266 Å². The molecule has 0 aromatic carbocycles. The Balaban J connectivity index is 3.67. The molecule has 5 nitrogen and oxygen atoms in total. The number of hydrogen-bond donors (Lipinski definition) is 1. The summed E-state index contributed by atoms with van der Waals surface area (Å²) < 4.78 is 10.5. The molecule has 5 heteroatoms. The van der Waals surface area contributed by atoms with Crippen LogP contribution in [-0.4, -0.2) is 36.4 Å². The molecule has 0 aliphatic carbocycles. The third kappa shape index (κ3) is 32.9. The average molecular weight is 605 g/mol. The number of esters is 2. The molecule has 0 radical (unpaired) electrons. The van der Waals surface area contributed by atoms with Gasteiger partial charge in [0, 0.05) is 12.8 Å². The molecular weight excluding hydrogens is 536 g/mol. The molecule has 0 saturated heterocycles. The number of hydrogen-bond acceptors (Lipinski definition) is 5. The monoisotopic (exact) mass is 605 g/mol. The highest BCUT2D eigenvalue weighted by atomic mass is 16.6. The second-order valence-corrected chi connectivity index (χ2v) is 12.0. The lowest BCUT2D eigenvalue weighted by Crippen LogP contribution is -2.28. The van der Waals surface area contributed by atoms with E-state index in [1.165, 1.54) is 103 Å². The van der Waals surface area contributed by atoms with Gasteiger partial charge in [0.2, 0.25) is 0 Å². The third-order valence-electron chi connectivity index (χ3n) is 7.69. The molecule has 0 amide bonds. The van der Waals surface area contributed by atoms with Gasteiger partial charge in [0.05, 0.1) is 6.61 Å². The Morgan fingerprint density at radius 1 is 0.535 bits per heavy atom. The van der Waals surface area contributed by atoms with E-state index in [4.69, 9.17) is 9.47 Å². The Morgan fingerprint density at radius 2 is 0.953 bits per heavy atom. The SMILES string of the molecule is CCCCCCCCC=CCC=CCC=CCCCC(=O)O[C@@H](CO)COC(=O)CCCCCCCCCCCCCC. The predicted octanol–water partition coefficient (Wildman–Crippen LogP) is 10.9. The van der Waals surface area contributed by atoms with Crippen LogP contribution in [0.2, 0.25) is 0 Å². The van der Waals surface area contributed by atoms with Crippen LogP contribution >= 0.6 is 0 Å². The van der Waals surface area contributed by atoms with Crippen molar-refractivity contribution in [3.8, 4) is 0 Å².